The molecule has 5 rings (SSSR count). The number of nitrogens with one attached hydrogen (secondary N) is 1. The molecule has 0 aliphatic carbocycles. The Morgan fingerprint density at radius 2 is 1.70 bits per heavy atom. The summed E-state index contributed by atoms with van der Waals surface area (Å²) in [6.45, 7) is 3.27. The van der Waals surface area contributed by atoms with Crippen LogP contribution >= 0.6 is 12.2 Å². The predicted octanol–water partition coefficient (Wildman–Crippen LogP) is 4.23. The largest absolute Gasteiger partial charge is 0.462 e. The van der Waals surface area contributed by atoms with Gasteiger partial charge in [0.05, 0.1) is 12.2 Å². The molecule has 1 amide bonds. The zero-order valence-electron chi connectivity index (χ0n) is 18.2. The Morgan fingerprint density at radius 1 is 1.00 bits per heavy atom. The van der Waals surface area contributed by atoms with Crippen molar-refractivity contribution in [3.05, 3.63) is 101 Å². The normalized spacial score (nSPS) is 18.6. The van der Waals surface area contributed by atoms with E-state index in [1.807, 2.05) is 59.5 Å². The van der Waals surface area contributed by atoms with Gasteiger partial charge in [0, 0.05) is 35.5 Å². The summed E-state index contributed by atoms with van der Waals surface area (Å²) in [5.41, 5.74) is 3.06. The van der Waals surface area contributed by atoms with Gasteiger partial charge in [0.25, 0.3) is 5.91 Å². The molecule has 2 heterocycles. The molecule has 6 nitrogen and oxygen atoms in total. The quantitative estimate of drug-likeness (QED) is 0.467. The molecule has 1 fully saturated rings. The molecular formula is C26H23N3O3S. The van der Waals surface area contributed by atoms with E-state index in [1.165, 1.54) is 0 Å². The van der Waals surface area contributed by atoms with E-state index in [4.69, 9.17) is 17.0 Å². The van der Waals surface area contributed by atoms with Gasteiger partial charge in [-0.3, -0.25) is 4.79 Å². The van der Waals surface area contributed by atoms with Gasteiger partial charge in [0.2, 0.25) is 0 Å². The Labute approximate surface area is 197 Å². The average Bonchev–Trinajstić information content (AvgIpc) is 3.36. The molecular weight excluding hydrogens is 434 g/mol. The number of fused-ring (bicyclic) bond motifs is 3. The summed E-state index contributed by atoms with van der Waals surface area (Å²) in [7, 11) is 0. The van der Waals surface area contributed by atoms with Crippen LogP contribution in [0.25, 0.3) is 0 Å². The van der Waals surface area contributed by atoms with Crippen molar-refractivity contribution >= 4 is 34.9 Å². The molecule has 2 aliphatic rings. The molecule has 0 saturated carbocycles. The lowest BCUT2D eigenvalue weighted by molar-refractivity contribution is 0.0525. The fraction of sp³-hybridized carbons (Fsp3) is 0.192. The molecule has 3 aromatic rings. The highest BCUT2D eigenvalue weighted by molar-refractivity contribution is 7.80. The van der Waals surface area contributed by atoms with E-state index in [1.54, 1.807) is 31.2 Å². The van der Waals surface area contributed by atoms with Gasteiger partial charge in [-0.05, 0) is 49.5 Å². The van der Waals surface area contributed by atoms with E-state index in [2.05, 4.69) is 10.2 Å². The minimum atomic E-state index is -0.802. The van der Waals surface area contributed by atoms with Crippen LogP contribution in [-0.2, 0) is 10.4 Å². The fourth-order valence-corrected chi connectivity index (χ4v) is 5.15. The number of thiocarbonyl (C=S) groups is 1. The van der Waals surface area contributed by atoms with Crippen LogP contribution in [0.15, 0.2) is 78.9 Å². The van der Waals surface area contributed by atoms with Crippen LogP contribution in [0.4, 0.5) is 5.69 Å². The summed E-state index contributed by atoms with van der Waals surface area (Å²) in [5.74, 6) is -0.343. The molecule has 166 valence electrons. The number of carbonyl (C=O) groups excluding carboxylic acids is 2. The molecule has 0 unspecified atom stereocenters. The van der Waals surface area contributed by atoms with Crippen LogP contribution < -0.4 is 5.32 Å². The smallest absolute Gasteiger partial charge is 0.338 e. The van der Waals surface area contributed by atoms with E-state index in [0.717, 1.165) is 16.8 Å². The first-order valence-electron chi connectivity index (χ1n) is 10.9. The Morgan fingerprint density at radius 3 is 2.42 bits per heavy atom. The van der Waals surface area contributed by atoms with Crippen molar-refractivity contribution in [2.75, 3.05) is 25.0 Å². The first-order valence-corrected chi connectivity index (χ1v) is 11.3. The third kappa shape index (κ3) is 3.27. The SMILES string of the molecule is CCOC(=O)c1ccc(NC(=S)N2CCN3C(=O)c4ccccc4[C@]32c2ccccc2)cc1. The molecule has 1 atom stereocenters. The summed E-state index contributed by atoms with van der Waals surface area (Å²) >= 11 is 5.87. The number of ether oxygens (including phenoxy) is 1. The second kappa shape index (κ2) is 8.33. The number of amides is 1. The first kappa shape index (κ1) is 21.2. The van der Waals surface area contributed by atoms with E-state index >= 15 is 0 Å². The van der Waals surface area contributed by atoms with Gasteiger partial charge in [0.1, 0.15) is 0 Å². The monoisotopic (exact) mass is 457 g/mol. The van der Waals surface area contributed by atoms with Crippen molar-refractivity contribution in [2.24, 2.45) is 0 Å². The van der Waals surface area contributed by atoms with Gasteiger partial charge < -0.3 is 19.9 Å². The van der Waals surface area contributed by atoms with Gasteiger partial charge in [-0.15, -0.1) is 0 Å². The van der Waals surface area contributed by atoms with Crippen molar-refractivity contribution < 1.29 is 14.3 Å². The Balaban J connectivity index is 1.51. The second-order valence-electron chi connectivity index (χ2n) is 7.92. The number of carbonyl (C=O) groups is 2. The van der Waals surface area contributed by atoms with Gasteiger partial charge in [-0.1, -0.05) is 48.5 Å². The molecule has 0 spiro atoms. The maximum Gasteiger partial charge on any atom is 0.338 e. The first-order chi connectivity index (χ1) is 16.1. The molecule has 3 aromatic carbocycles. The number of benzene rings is 3. The topological polar surface area (TPSA) is 61.9 Å². The van der Waals surface area contributed by atoms with Crippen LogP contribution in [0.2, 0.25) is 0 Å². The Kier molecular flexibility index (Phi) is 5.34. The van der Waals surface area contributed by atoms with Gasteiger partial charge in [-0.2, -0.15) is 0 Å². The van der Waals surface area contributed by atoms with Crippen molar-refractivity contribution in [1.29, 1.82) is 0 Å². The number of anilines is 1. The zero-order valence-corrected chi connectivity index (χ0v) is 19.0. The maximum atomic E-state index is 13.3. The fourth-order valence-electron chi connectivity index (χ4n) is 4.81. The molecule has 1 N–H and O–H groups in total. The Bertz CT molecular complexity index is 1230. The highest BCUT2D eigenvalue weighted by Gasteiger charge is 2.58. The number of esters is 1. The minimum absolute atomic E-state index is 0.0125. The summed E-state index contributed by atoms with van der Waals surface area (Å²) < 4.78 is 5.05. The molecule has 0 bridgehead atoms. The van der Waals surface area contributed by atoms with E-state index in [9.17, 15) is 9.59 Å². The molecule has 0 radical (unpaired) electrons. The molecule has 33 heavy (non-hydrogen) atoms. The molecule has 0 aromatic heterocycles. The second-order valence-corrected chi connectivity index (χ2v) is 8.31. The van der Waals surface area contributed by atoms with E-state index < -0.39 is 5.66 Å². The maximum absolute atomic E-state index is 13.3. The third-order valence-corrected chi connectivity index (χ3v) is 6.50. The average molecular weight is 458 g/mol. The standard InChI is InChI=1S/C26H23N3O3S/c1-2-32-24(31)18-12-14-20(15-13-18)27-25(33)29-17-16-28-23(30)21-10-6-7-11-22(21)26(28,29)19-8-4-3-5-9-19/h3-15H,2,16-17H2,1H3,(H,27,33)/t26-/m1/s1. The van der Waals surface area contributed by atoms with Gasteiger partial charge >= 0.3 is 5.97 Å². The number of rotatable bonds is 4. The van der Waals surface area contributed by atoms with E-state index in [-0.39, 0.29) is 11.9 Å². The minimum Gasteiger partial charge on any atom is -0.462 e. The zero-order chi connectivity index (χ0) is 23.0. The lowest BCUT2D eigenvalue weighted by atomic mass is 9.90. The lowest BCUT2D eigenvalue weighted by Crippen LogP contribution is -2.52. The predicted molar refractivity (Wildman–Crippen MR) is 130 cm³/mol. The Hall–Kier alpha value is -3.71. The van der Waals surface area contributed by atoms with Gasteiger partial charge in [-0.25, -0.2) is 4.79 Å². The number of nitrogens with zero attached hydrogens (tertiary/aromatic N) is 2. The molecule has 7 heteroatoms. The van der Waals surface area contributed by atoms with Crippen molar-refractivity contribution in [1.82, 2.24) is 9.80 Å². The van der Waals surface area contributed by atoms with Crippen LogP contribution in [0.5, 0.6) is 0 Å². The third-order valence-electron chi connectivity index (χ3n) is 6.18. The van der Waals surface area contributed by atoms with Gasteiger partial charge in [0.15, 0.2) is 10.8 Å². The van der Waals surface area contributed by atoms with Crippen LogP contribution in [0.3, 0.4) is 0 Å². The van der Waals surface area contributed by atoms with Crippen molar-refractivity contribution in [3.8, 4) is 0 Å². The van der Waals surface area contributed by atoms with Crippen LogP contribution in [0, 0.1) is 0 Å². The molecule has 2 aliphatic heterocycles. The molecule has 1 saturated heterocycles. The summed E-state index contributed by atoms with van der Waals surface area (Å²) in [5, 5.41) is 3.81. The van der Waals surface area contributed by atoms with Crippen molar-refractivity contribution in [2.45, 2.75) is 12.6 Å². The highest BCUT2D eigenvalue weighted by Crippen LogP contribution is 2.49. The van der Waals surface area contributed by atoms with Crippen LogP contribution in [0.1, 0.15) is 38.8 Å². The summed E-state index contributed by atoms with van der Waals surface area (Å²) in [6.07, 6.45) is 0. The highest BCUT2D eigenvalue weighted by atomic mass is 32.1. The number of hydrogen-bond acceptors (Lipinski definition) is 4. The summed E-state index contributed by atoms with van der Waals surface area (Å²) in [6, 6.07) is 24.8. The van der Waals surface area contributed by atoms with Crippen molar-refractivity contribution in [3.63, 3.8) is 0 Å². The van der Waals surface area contributed by atoms with E-state index in [0.29, 0.717) is 35.9 Å². The lowest BCUT2D eigenvalue weighted by Gasteiger charge is -2.41. The van der Waals surface area contributed by atoms with Crippen LogP contribution in [-0.4, -0.2) is 46.5 Å². The summed E-state index contributed by atoms with van der Waals surface area (Å²) in [4.78, 5) is 29.3. The number of hydrogen-bond donors (Lipinski definition) is 1.